The van der Waals surface area contributed by atoms with Crippen molar-refractivity contribution in [1.29, 1.82) is 0 Å². The highest BCUT2D eigenvalue weighted by Crippen LogP contribution is 2.25. The Morgan fingerprint density at radius 1 is 1.27 bits per heavy atom. The zero-order valence-corrected chi connectivity index (χ0v) is 13.8. The van der Waals surface area contributed by atoms with Crippen molar-refractivity contribution in [2.24, 2.45) is 11.7 Å². The van der Waals surface area contributed by atoms with E-state index in [2.05, 4.69) is 24.1 Å². The van der Waals surface area contributed by atoms with Crippen LogP contribution in [0.25, 0.3) is 0 Å². The molecule has 0 aromatic heterocycles. The molecule has 1 aliphatic rings. The van der Waals surface area contributed by atoms with Gasteiger partial charge in [0.25, 0.3) is 5.91 Å². The highest BCUT2D eigenvalue weighted by atomic mass is 16.1. The van der Waals surface area contributed by atoms with Crippen molar-refractivity contribution in [2.45, 2.75) is 45.6 Å². The number of hydrogen-bond acceptors (Lipinski definition) is 3. The number of anilines is 1. The summed E-state index contributed by atoms with van der Waals surface area (Å²) in [6.07, 6.45) is 4.46. The van der Waals surface area contributed by atoms with Crippen molar-refractivity contribution in [3.8, 4) is 0 Å². The Bertz CT molecular complexity index is 472. The van der Waals surface area contributed by atoms with Gasteiger partial charge in [0.2, 0.25) is 0 Å². The van der Waals surface area contributed by atoms with E-state index in [4.69, 9.17) is 5.73 Å². The number of nitrogens with two attached hydrogens (primary N) is 1. The first-order valence-corrected chi connectivity index (χ1v) is 8.55. The number of benzene rings is 1. The normalized spacial score (nSPS) is 20.9. The molecule has 4 heteroatoms. The topological polar surface area (TPSA) is 58.4 Å². The average Bonchev–Trinajstić information content (AvgIpc) is 3.00. The van der Waals surface area contributed by atoms with Gasteiger partial charge in [-0.2, -0.15) is 0 Å². The highest BCUT2D eigenvalue weighted by molar-refractivity contribution is 5.94. The maximum absolute atomic E-state index is 12.4. The number of hydrogen-bond donors (Lipinski definition) is 2. The summed E-state index contributed by atoms with van der Waals surface area (Å²) in [5.74, 6) is 0.457. The Balaban J connectivity index is 1.99. The van der Waals surface area contributed by atoms with E-state index in [-0.39, 0.29) is 11.9 Å². The molecule has 1 aromatic rings. The van der Waals surface area contributed by atoms with E-state index in [0.717, 1.165) is 44.3 Å². The van der Waals surface area contributed by atoms with E-state index in [1.54, 1.807) is 0 Å². The molecule has 1 aromatic carbocycles. The van der Waals surface area contributed by atoms with Crippen LogP contribution in [0, 0.1) is 5.92 Å². The Morgan fingerprint density at radius 3 is 2.59 bits per heavy atom. The number of rotatable bonds is 7. The number of carbonyl (C=O) groups excluding carboxylic acids is 1. The summed E-state index contributed by atoms with van der Waals surface area (Å²) in [5.41, 5.74) is 7.70. The largest absolute Gasteiger partial charge is 0.372 e. The lowest BCUT2D eigenvalue weighted by molar-refractivity contribution is 0.0929. The molecule has 22 heavy (non-hydrogen) atoms. The minimum absolute atomic E-state index is 0.0236. The summed E-state index contributed by atoms with van der Waals surface area (Å²) in [5, 5.41) is 3.15. The van der Waals surface area contributed by atoms with Gasteiger partial charge in [-0.25, -0.2) is 0 Å². The van der Waals surface area contributed by atoms with Gasteiger partial charge in [0.15, 0.2) is 0 Å². The fraction of sp³-hybridized carbons (Fsp3) is 0.611. The standard InChI is InChI=1S/C18H29N3O/c1-3-12-21(4-2)16-10-8-14(9-11-16)18(22)20-17-7-5-6-15(17)13-19/h8-11,15,17H,3-7,12-13,19H2,1-2H3,(H,20,22). The van der Waals surface area contributed by atoms with Crippen LogP contribution < -0.4 is 16.0 Å². The van der Waals surface area contributed by atoms with Crippen LogP contribution >= 0.6 is 0 Å². The summed E-state index contributed by atoms with van der Waals surface area (Å²) in [6.45, 7) is 7.03. The van der Waals surface area contributed by atoms with Crippen LogP contribution in [0.2, 0.25) is 0 Å². The van der Waals surface area contributed by atoms with Crippen LogP contribution in [0.1, 0.15) is 49.9 Å². The second-order valence-electron chi connectivity index (χ2n) is 6.13. The van der Waals surface area contributed by atoms with E-state index >= 15 is 0 Å². The minimum Gasteiger partial charge on any atom is -0.372 e. The first-order valence-electron chi connectivity index (χ1n) is 8.55. The molecule has 0 radical (unpaired) electrons. The van der Waals surface area contributed by atoms with Crippen molar-refractivity contribution in [1.82, 2.24) is 5.32 Å². The number of nitrogens with zero attached hydrogens (tertiary/aromatic N) is 1. The van der Waals surface area contributed by atoms with Crippen LogP contribution in [0.3, 0.4) is 0 Å². The van der Waals surface area contributed by atoms with Crippen molar-refractivity contribution < 1.29 is 4.79 Å². The zero-order chi connectivity index (χ0) is 15.9. The molecule has 1 amide bonds. The molecule has 122 valence electrons. The predicted molar refractivity (Wildman–Crippen MR) is 92.3 cm³/mol. The third kappa shape index (κ3) is 4.01. The van der Waals surface area contributed by atoms with Crippen molar-refractivity contribution >= 4 is 11.6 Å². The highest BCUT2D eigenvalue weighted by Gasteiger charge is 2.27. The van der Waals surface area contributed by atoms with E-state index in [1.807, 2.05) is 24.3 Å². The van der Waals surface area contributed by atoms with Gasteiger partial charge < -0.3 is 16.0 Å². The van der Waals surface area contributed by atoms with E-state index in [0.29, 0.717) is 12.5 Å². The number of nitrogens with one attached hydrogen (secondary N) is 1. The second-order valence-corrected chi connectivity index (χ2v) is 6.13. The zero-order valence-electron chi connectivity index (χ0n) is 13.8. The van der Waals surface area contributed by atoms with Gasteiger partial charge in [-0.3, -0.25) is 4.79 Å². The fourth-order valence-electron chi connectivity index (χ4n) is 3.32. The molecular formula is C18H29N3O. The van der Waals surface area contributed by atoms with Gasteiger partial charge >= 0.3 is 0 Å². The molecule has 1 aliphatic carbocycles. The second kappa shape index (κ2) is 8.18. The Kier molecular flexibility index (Phi) is 6.25. The molecule has 0 spiro atoms. The number of carbonyl (C=O) groups is 1. The molecule has 0 aliphatic heterocycles. The molecule has 2 atom stereocenters. The van der Waals surface area contributed by atoms with E-state index in [9.17, 15) is 4.79 Å². The van der Waals surface area contributed by atoms with Crippen molar-refractivity contribution in [3.05, 3.63) is 29.8 Å². The Hall–Kier alpha value is -1.55. The first kappa shape index (κ1) is 16.8. The smallest absolute Gasteiger partial charge is 0.251 e. The van der Waals surface area contributed by atoms with E-state index in [1.165, 1.54) is 5.69 Å². The molecular weight excluding hydrogens is 274 g/mol. The van der Waals surface area contributed by atoms with Crippen LogP contribution in [0.4, 0.5) is 5.69 Å². The first-order chi connectivity index (χ1) is 10.7. The van der Waals surface area contributed by atoms with Crippen molar-refractivity contribution in [2.75, 3.05) is 24.5 Å². The maximum atomic E-state index is 12.4. The van der Waals surface area contributed by atoms with Crippen LogP contribution in [-0.2, 0) is 0 Å². The van der Waals surface area contributed by atoms with Gasteiger partial charge in [0, 0.05) is 30.4 Å². The van der Waals surface area contributed by atoms with Gasteiger partial charge in [-0.15, -0.1) is 0 Å². The lowest BCUT2D eigenvalue weighted by atomic mass is 10.0. The molecule has 2 rings (SSSR count). The Labute approximate surface area is 134 Å². The SMILES string of the molecule is CCCN(CC)c1ccc(C(=O)NC2CCCC2CN)cc1. The third-order valence-corrected chi connectivity index (χ3v) is 4.65. The average molecular weight is 303 g/mol. The maximum Gasteiger partial charge on any atom is 0.251 e. The molecule has 2 unspecified atom stereocenters. The van der Waals surface area contributed by atoms with Crippen LogP contribution in [0.15, 0.2) is 24.3 Å². The monoisotopic (exact) mass is 303 g/mol. The third-order valence-electron chi connectivity index (χ3n) is 4.65. The van der Waals surface area contributed by atoms with Crippen LogP contribution in [0.5, 0.6) is 0 Å². The number of amides is 1. The van der Waals surface area contributed by atoms with Gasteiger partial charge in [0.05, 0.1) is 0 Å². The predicted octanol–water partition coefficient (Wildman–Crippen LogP) is 2.78. The quantitative estimate of drug-likeness (QED) is 0.814. The van der Waals surface area contributed by atoms with Gasteiger partial charge in [0.1, 0.15) is 0 Å². The molecule has 1 saturated carbocycles. The van der Waals surface area contributed by atoms with Gasteiger partial charge in [-0.05, 0) is 62.9 Å². The molecule has 1 fully saturated rings. The molecule has 0 saturated heterocycles. The van der Waals surface area contributed by atoms with E-state index < -0.39 is 0 Å². The molecule has 4 nitrogen and oxygen atoms in total. The lowest BCUT2D eigenvalue weighted by Gasteiger charge is -2.23. The molecule has 0 heterocycles. The summed E-state index contributed by atoms with van der Waals surface area (Å²) in [4.78, 5) is 14.7. The van der Waals surface area contributed by atoms with Crippen molar-refractivity contribution in [3.63, 3.8) is 0 Å². The molecule has 0 bridgehead atoms. The van der Waals surface area contributed by atoms with Gasteiger partial charge in [-0.1, -0.05) is 13.3 Å². The fourth-order valence-corrected chi connectivity index (χ4v) is 3.32. The summed E-state index contributed by atoms with van der Waals surface area (Å²) < 4.78 is 0. The van der Waals surface area contributed by atoms with Crippen LogP contribution in [-0.4, -0.2) is 31.6 Å². The minimum atomic E-state index is 0.0236. The summed E-state index contributed by atoms with van der Waals surface area (Å²) >= 11 is 0. The Morgan fingerprint density at radius 2 is 2.00 bits per heavy atom. The molecule has 3 N–H and O–H groups in total. The lowest BCUT2D eigenvalue weighted by Crippen LogP contribution is -2.39. The summed E-state index contributed by atoms with van der Waals surface area (Å²) in [6, 6.07) is 8.18. The summed E-state index contributed by atoms with van der Waals surface area (Å²) in [7, 11) is 0.